The Bertz CT molecular complexity index is 1310. The van der Waals surface area contributed by atoms with Crippen molar-refractivity contribution in [3.8, 4) is 0 Å². The standard InChI is InChI=1S/C29H44FN6O4P/c1-16(2)24(33-26(37)18(4)34(9)28(39)40-29(5,6)7)27(38)35-14-19(30)12-20(35)15-36-23-11-10-21(41)13-22(23)32-25(36)17(3)31-8/h10-11,13,16,18-20,24,31H,3,12,14-15,41H2,1-2,4-9H3,(H,33,37)/t18-,19-,20-,24-/m0/s1. The summed E-state index contributed by atoms with van der Waals surface area (Å²) in [5.74, 6) is -0.532. The quantitative estimate of drug-likeness (QED) is 0.435. The van der Waals surface area contributed by atoms with E-state index in [0.29, 0.717) is 18.1 Å². The number of likely N-dealkylation sites (tertiary alicyclic amines) is 1. The van der Waals surface area contributed by atoms with Gasteiger partial charge >= 0.3 is 6.09 Å². The number of fused-ring (bicyclic) bond motifs is 1. The van der Waals surface area contributed by atoms with Crippen molar-refractivity contribution in [3.05, 3.63) is 30.6 Å². The van der Waals surface area contributed by atoms with Gasteiger partial charge in [0.05, 0.1) is 29.3 Å². The number of rotatable bonds is 9. The molecule has 10 nitrogen and oxygen atoms in total. The van der Waals surface area contributed by atoms with E-state index in [1.165, 1.54) is 16.8 Å². The number of hydrogen-bond acceptors (Lipinski definition) is 6. The van der Waals surface area contributed by atoms with Gasteiger partial charge in [-0.15, -0.1) is 9.24 Å². The van der Waals surface area contributed by atoms with E-state index in [4.69, 9.17) is 9.72 Å². The minimum atomic E-state index is -1.20. The fourth-order valence-corrected chi connectivity index (χ4v) is 5.08. The Balaban J connectivity index is 1.84. The number of nitrogens with one attached hydrogen (secondary N) is 2. The maximum Gasteiger partial charge on any atom is 0.410 e. The Hall–Kier alpha value is -3.20. The molecule has 0 bridgehead atoms. The van der Waals surface area contributed by atoms with E-state index >= 15 is 0 Å². The van der Waals surface area contributed by atoms with Gasteiger partial charge in [0.1, 0.15) is 23.9 Å². The first-order valence-corrected chi connectivity index (χ1v) is 14.4. The molecule has 0 spiro atoms. The molecule has 1 saturated heterocycles. The van der Waals surface area contributed by atoms with Crippen LogP contribution >= 0.6 is 9.24 Å². The molecular formula is C29H44FN6O4P. The number of aromatic nitrogens is 2. The topological polar surface area (TPSA) is 109 Å². The maximum atomic E-state index is 14.9. The summed E-state index contributed by atoms with van der Waals surface area (Å²) < 4.78 is 22.2. The van der Waals surface area contributed by atoms with Crippen LogP contribution in [0.15, 0.2) is 24.8 Å². The SMILES string of the molecule is C=C(NC)c1nc2cc(P)ccc2n1C[C@@H]1C[C@H](F)CN1C(=O)[C@@H](NC(=O)[C@H](C)N(C)C(=O)OC(C)(C)C)C(C)C. The van der Waals surface area contributed by atoms with E-state index in [9.17, 15) is 18.8 Å². The van der Waals surface area contributed by atoms with E-state index in [1.54, 1.807) is 34.7 Å². The number of benzene rings is 1. The van der Waals surface area contributed by atoms with Crippen LogP contribution in [0, 0.1) is 5.92 Å². The van der Waals surface area contributed by atoms with Crippen molar-refractivity contribution in [1.82, 2.24) is 30.0 Å². The summed E-state index contributed by atoms with van der Waals surface area (Å²) in [5, 5.41) is 6.83. The molecular weight excluding hydrogens is 546 g/mol. The number of amides is 3. The van der Waals surface area contributed by atoms with Gasteiger partial charge in [0, 0.05) is 27.1 Å². The highest BCUT2D eigenvalue weighted by molar-refractivity contribution is 7.27. The third kappa shape index (κ3) is 7.56. The molecule has 1 fully saturated rings. The summed E-state index contributed by atoms with van der Waals surface area (Å²) >= 11 is 0. The van der Waals surface area contributed by atoms with E-state index < -0.39 is 41.9 Å². The van der Waals surface area contributed by atoms with Gasteiger partial charge in [-0.3, -0.25) is 14.5 Å². The van der Waals surface area contributed by atoms with Gasteiger partial charge in [0.25, 0.3) is 0 Å². The number of ether oxygens (including phenoxy) is 1. The molecule has 2 aromatic rings. The summed E-state index contributed by atoms with van der Waals surface area (Å²) in [7, 11) is 5.88. The molecule has 226 valence electrons. The van der Waals surface area contributed by atoms with Crippen LogP contribution in [0.2, 0.25) is 0 Å². The Morgan fingerprint density at radius 1 is 1.27 bits per heavy atom. The Morgan fingerprint density at radius 3 is 2.51 bits per heavy atom. The molecule has 12 heteroatoms. The molecule has 1 aromatic carbocycles. The van der Waals surface area contributed by atoms with Crippen LogP contribution in [0.25, 0.3) is 16.7 Å². The van der Waals surface area contributed by atoms with Crippen molar-refractivity contribution in [2.75, 3.05) is 20.6 Å². The zero-order valence-corrected chi connectivity index (χ0v) is 26.5. The molecule has 0 saturated carbocycles. The van der Waals surface area contributed by atoms with Crippen LogP contribution < -0.4 is 15.9 Å². The highest BCUT2D eigenvalue weighted by Gasteiger charge is 2.41. The van der Waals surface area contributed by atoms with Crippen LogP contribution in [0.5, 0.6) is 0 Å². The Kier molecular flexibility index (Phi) is 10.1. The second-order valence-electron chi connectivity index (χ2n) is 12.0. The third-order valence-electron chi connectivity index (χ3n) is 7.26. The lowest BCUT2D eigenvalue weighted by molar-refractivity contribution is -0.139. The first-order valence-electron chi connectivity index (χ1n) is 13.9. The van der Waals surface area contributed by atoms with Gasteiger partial charge in [0.2, 0.25) is 11.8 Å². The Labute approximate surface area is 244 Å². The molecule has 2 heterocycles. The second kappa shape index (κ2) is 12.8. The molecule has 2 N–H and O–H groups in total. The van der Waals surface area contributed by atoms with Gasteiger partial charge < -0.3 is 24.8 Å². The van der Waals surface area contributed by atoms with E-state index in [0.717, 1.165) is 16.3 Å². The van der Waals surface area contributed by atoms with Crippen molar-refractivity contribution in [3.63, 3.8) is 0 Å². The molecule has 0 aliphatic carbocycles. The minimum absolute atomic E-state index is 0.0688. The monoisotopic (exact) mass is 590 g/mol. The van der Waals surface area contributed by atoms with Crippen molar-refractivity contribution in [1.29, 1.82) is 0 Å². The number of carbonyl (C=O) groups excluding carboxylic acids is 3. The lowest BCUT2D eigenvalue weighted by Gasteiger charge is -2.33. The van der Waals surface area contributed by atoms with Gasteiger partial charge in [-0.1, -0.05) is 26.5 Å². The van der Waals surface area contributed by atoms with Gasteiger partial charge in [-0.2, -0.15) is 0 Å². The number of hydrogen-bond donors (Lipinski definition) is 2. The predicted molar refractivity (Wildman–Crippen MR) is 162 cm³/mol. The van der Waals surface area contributed by atoms with Crippen LogP contribution in [0.3, 0.4) is 0 Å². The molecule has 1 unspecified atom stereocenters. The third-order valence-corrected chi connectivity index (χ3v) is 7.62. The van der Waals surface area contributed by atoms with Crippen LogP contribution in [0.1, 0.15) is 53.8 Å². The average Bonchev–Trinajstić information content (AvgIpc) is 3.43. The van der Waals surface area contributed by atoms with Crippen molar-refractivity contribution in [2.24, 2.45) is 5.92 Å². The molecule has 1 aliphatic heterocycles. The van der Waals surface area contributed by atoms with E-state index in [-0.39, 0.29) is 24.8 Å². The van der Waals surface area contributed by atoms with Crippen molar-refractivity contribution < 1.29 is 23.5 Å². The maximum absolute atomic E-state index is 14.9. The zero-order valence-electron chi connectivity index (χ0n) is 25.3. The fourth-order valence-electron chi connectivity index (χ4n) is 4.82. The lowest BCUT2D eigenvalue weighted by atomic mass is 10.0. The number of carbonyl (C=O) groups is 3. The summed E-state index contributed by atoms with van der Waals surface area (Å²) in [6, 6.07) is 3.58. The second-order valence-corrected chi connectivity index (χ2v) is 12.7. The molecule has 1 aliphatic rings. The molecule has 5 atom stereocenters. The number of likely N-dealkylation sites (N-methyl/N-ethyl adjacent to an activating group) is 1. The van der Waals surface area contributed by atoms with Crippen LogP contribution in [-0.2, 0) is 20.9 Å². The average molecular weight is 591 g/mol. The van der Waals surface area contributed by atoms with Crippen LogP contribution in [-0.4, -0.2) is 87.8 Å². The molecule has 3 amide bonds. The highest BCUT2D eigenvalue weighted by Crippen LogP contribution is 2.28. The summed E-state index contributed by atoms with van der Waals surface area (Å²) in [4.78, 5) is 47.0. The smallest absolute Gasteiger partial charge is 0.410 e. The molecule has 41 heavy (non-hydrogen) atoms. The minimum Gasteiger partial charge on any atom is -0.444 e. The van der Waals surface area contributed by atoms with Gasteiger partial charge in [-0.05, 0) is 51.1 Å². The Morgan fingerprint density at radius 2 is 1.93 bits per heavy atom. The first kappa shape index (κ1) is 32.3. The summed E-state index contributed by atoms with van der Waals surface area (Å²) in [6.07, 6.45) is -1.68. The fraction of sp³-hybridized carbons (Fsp3) is 0.586. The predicted octanol–water partition coefficient (Wildman–Crippen LogP) is 3.06. The van der Waals surface area contributed by atoms with Crippen molar-refractivity contribution >= 4 is 49.2 Å². The summed E-state index contributed by atoms with van der Waals surface area (Å²) in [6.45, 7) is 14.8. The number of nitrogens with zero attached hydrogens (tertiary/aromatic N) is 4. The lowest BCUT2D eigenvalue weighted by Crippen LogP contribution is -2.57. The normalized spacial score (nSPS) is 18.8. The van der Waals surface area contributed by atoms with E-state index in [2.05, 4.69) is 26.5 Å². The highest BCUT2D eigenvalue weighted by atomic mass is 31.0. The molecule has 0 radical (unpaired) electrons. The zero-order chi connectivity index (χ0) is 30.8. The largest absolute Gasteiger partial charge is 0.444 e. The summed E-state index contributed by atoms with van der Waals surface area (Å²) in [5.41, 5.74) is 1.51. The van der Waals surface area contributed by atoms with Crippen LogP contribution in [0.4, 0.5) is 9.18 Å². The molecule has 3 rings (SSSR count). The van der Waals surface area contributed by atoms with Gasteiger partial charge in [-0.25, -0.2) is 14.2 Å². The van der Waals surface area contributed by atoms with Gasteiger partial charge in [0.15, 0.2) is 5.82 Å². The first-order chi connectivity index (χ1) is 19.0. The van der Waals surface area contributed by atoms with E-state index in [1.807, 2.05) is 36.6 Å². The van der Waals surface area contributed by atoms with Crippen molar-refractivity contribution in [2.45, 2.75) is 84.4 Å². The number of alkyl halides is 1. The number of imidazole rings is 1. The molecule has 1 aromatic heterocycles. The number of halogens is 1.